The summed E-state index contributed by atoms with van der Waals surface area (Å²) >= 11 is 0. The molecule has 21 heavy (non-hydrogen) atoms. The van der Waals surface area contributed by atoms with E-state index in [1.54, 1.807) is 18.5 Å². The molecule has 2 N–H and O–H groups in total. The summed E-state index contributed by atoms with van der Waals surface area (Å²) in [5.41, 5.74) is 4.03. The van der Waals surface area contributed by atoms with Gasteiger partial charge in [-0.1, -0.05) is 30.3 Å². The highest BCUT2D eigenvalue weighted by atomic mass is 16.3. The zero-order chi connectivity index (χ0) is 14.5. The highest BCUT2D eigenvalue weighted by Gasteiger charge is 2.03. The van der Waals surface area contributed by atoms with Crippen molar-refractivity contribution in [3.05, 3.63) is 78.6 Å². The molecule has 3 heteroatoms. The van der Waals surface area contributed by atoms with Crippen LogP contribution >= 0.6 is 0 Å². The fourth-order valence-corrected chi connectivity index (χ4v) is 2.22. The number of pyridine rings is 1. The Labute approximate surface area is 123 Å². The summed E-state index contributed by atoms with van der Waals surface area (Å²) in [7, 11) is 0. The number of phenolic OH excluding ortho intramolecular Hbond substituents is 1. The van der Waals surface area contributed by atoms with Crippen molar-refractivity contribution < 1.29 is 5.11 Å². The number of rotatable bonds is 4. The maximum atomic E-state index is 9.94. The minimum atomic E-state index is 0.295. The third kappa shape index (κ3) is 3.20. The number of para-hydroxylation sites is 1. The van der Waals surface area contributed by atoms with Gasteiger partial charge in [-0.2, -0.15) is 0 Å². The van der Waals surface area contributed by atoms with Crippen molar-refractivity contribution in [3.8, 4) is 16.9 Å². The molecular formula is C18H16N2O. The van der Waals surface area contributed by atoms with Crippen molar-refractivity contribution in [2.24, 2.45) is 0 Å². The Morgan fingerprint density at radius 3 is 2.52 bits per heavy atom. The third-order valence-corrected chi connectivity index (χ3v) is 3.32. The lowest BCUT2D eigenvalue weighted by molar-refractivity contribution is 0.477. The zero-order valence-corrected chi connectivity index (χ0v) is 11.5. The molecule has 0 unspecified atom stereocenters. The molecule has 0 atom stereocenters. The number of anilines is 1. The summed E-state index contributed by atoms with van der Waals surface area (Å²) in [4.78, 5) is 4.01. The van der Waals surface area contributed by atoms with Gasteiger partial charge in [0.05, 0.1) is 0 Å². The van der Waals surface area contributed by atoms with Crippen molar-refractivity contribution in [2.45, 2.75) is 6.54 Å². The molecule has 104 valence electrons. The van der Waals surface area contributed by atoms with Gasteiger partial charge >= 0.3 is 0 Å². The van der Waals surface area contributed by atoms with Crippen molar-refractivity contribution in [1.29, 1.82) is 0 Å². The van der Waals surface area contributed by atoms with Crippen LogP contribution in [0, 0.1) is 0 Å². The van der Waals surface area contributed by atoms with Crippen LogP contribution in [0.25, 0.3) is 11.1 Å². The molecule has 0 saturated carbocycles. The van der Waals surface area contributed by atoms with Gasteiger partial charge in [0, 0.05) is 30.2 Å². The molecule has 0 saturated heterocycles. The van der Waals surface area contributed by atoms with E-state index in [0.717, 1.165) is 23.4 Å². The van der Waals surface area contributed by atoms with Gasteiger partial charge < -0.3 is 10.4 Å². The lowest BCUT2D eigenvalue weighted by atomic mass is 10.0. The molecule has 2 aromatic carbocycles. The number of hydrogen-bond donors (Lipinski definition) is 2. The predicted octanol–water partition coefficient (Wildman–Crippen LogP) is 4.07. The maximum Gasteiger partial charge on any atom is 0.123 e. The molecule has 0 radical (unpaired) electrons. The topological polar surface area (TPSA) is 45.1 Å². The lowest BCUT2D eigenvalue weighted by Gasteiger charge is -2.09. The van der Waals surface area contributed by atoms with Crippen LogP contribution in [-0.4, -0.2) is 10.1 Å². The minimum absolute atomic E-state index is 0.295. The molecule has 0 amide bonds. The van der Waals surface area contributed by atoms with E-state index in [1.165, 1.54) is 5.56 Å². The Morgan fingerprint density at radius 1 is 0.905 bits per heavy atom. The highest BCUT2D eigenvalue weighted by molar-refractivity contribution is 5.73. The van der Waals surface area contributed by atoms with Crippen LogP contribution in [0.3, 0.4) is 0 Å². The van der Waals surface area contributed by atoms with Crippen molar-refractivity contribution >= 4 is 5.69 Å². The van der Waals surface area contributed by atoms with E-state index in [-0.39, 0.29) is 0 Å². The normalized spacial score (nSPS) is 10.3. The van der Waals surface area contributed by atoms with Gasteiger partial charge in [-0.05, 0) is 41.5 Å². The fraction of sp³-hybridized carbons (Fsp3) is 0.0556. The maximum absolute atomic E-state index is 9.94. The molecule has 0 aliphatic rings. The Morgan fingerprint density at radius 2 is 1.71 bits per heavy atom. The minimum Gasteiger partial charge on any atom is -0.507 e. The smallest absolute Gasteiger partial charge is 0.123 e. The number of hydrogen-bond acceptors (Lipinski definition) is 3. The highest BCUT2D eigenvalue weighted by Crippen LogP contribution is 2.30. The van der Waals surface area contributed by atoms with Crippen molar-refractivity contribution in [3.63, 3.8) is 0 Å². The van der Waals surface area contributed by atoms with E-state index in [9.17, 15) is 5.11 Å². The van der Waals surface area contributed by atoms with Gasteiger partial charge in [0.1, 0.15) is 5.75 Å². The fourth-order valence-electron chi connectivity index (χ4n) is 2.22. The zero-order valence-electron chi connectivity index (χ0n) is 11.5. The average Bonchev–Trinajstić information content (AvgIpc) is 2.55. The molecule has 3 aromatic rings. The van der Waals surface area contributed by atoms with Crippen LogP contribution in [0.1, 0.15) is 5.56 Å². The van der Waals surface area contributed by atoms with Crippen LogP contribution in [0.2, 0.25) is 0 Å². The SMILES string of the molecule is Oc1ccccc1-c1cccc(NCc2ccncc2)c1. The Hall–Kier alpha value is -2.81. The molecule has 0 bridgehead atoms. The standard InChI is InChI=1S/C18H16N2O/c21-18-7-2-1-6-17(18)15-4-3-5-16(12-15)20-13-14-8-10-19-11-9-14/h1-12,20-21H,13H2. The number of aromatic nitrogens is 1. The monoisotopic (exact) mass is 276 g/mol. The second-order valence-electron chi connectivity index (χ2n) is 4.81. The summed E-state index contributed by atoms with van der Waals surface area (Å²) in [5, 5.41) is 13.3. The molecule has 0 spiro atoms. The van der Waals surface area contributed by atoms with Gasteiger partial charge in [0.15, 0.2) is 0 Å². The molecule has 1 heterocycles. The van der Waals surface area contributed by atoms with Gasteiger partial charge in [0.2, 0.25) is 0 Å². The van der Waals surface area contributed by atoms with E-state index in [4.69, 9.17) is 0 Å². The predicted molar refractivity (Wildman–Crippen MR) is 85.1 cm³/mol. The summed E-state index contributed by atoms with van der Waals surface area (Å²) < 4.78 is 0. The quantitative estimate of drug-likeness (QED) is 0.755. The number of benzene rings is 2. The van der Waals surface area contributed by atoms with Crippen LogP contribution < -0.4 is 5.32 Å². The lowest BCUT2D eigenvalue weighted by Crippen LogP contribution is -1.99. The number of phenols is 1. The van der Waals surface area contributed by atoms with Crippen LogP contribution in [0.5, 0.6) is 5.75 Å². The molecular weight excluding hydrogens is 260 g/mol. The Balaban J connectivity index is 1.79. The number of nitrogens with one attached hydrogen (secondary N) is 1. The number of nitrogens with zero attached hydrogens (tertiary/aromatic N) is 1. The van der Waals surface area contributed by atoms with Gasteiger partial charge in [-0.3, -0.25) is 4.98 Å². The van der Waals surface area contributed by atoms with E-state index >= 15 is 0 Å². The van der Waals surface area contributed by atoms with Gasteiger partial charge in [-0.25, -0.2) is 0 Å². The molecule has 0 aliphatic carbocycles. The summed E-state index contributed by atoms with van der Waals surface area (Å²) in [6, 6.07) is 19.4. The summed E-state index contributed by atoms with van der Waals surface area (Å²) in [6.07, 6.45) is 3.57. The second-order valence-corrected chi connectivity index (χ2v) is 4.81. The average molecular weight is 276 g/mol. The van der Waals surface area contributed by atoms with E-state index < -0.39 is 0 Å². The van der Waals surface area contributed by atoms with E-state index in [2.05, 4.69) is 10.3 Å². The van der Waals surface area contributed by atoms with Crippen molar-refractivity contribution in [1.82, 2.24) is 4.98 Å². The van der Waals surface area contributed by atoms with E-state index in [0.29, 0.717) is 5.75 Å². The van der Waals surface area contributed by atoms with Crippen LogP contribution in [-0.2, 0) is 6.54 Å². The van der Waals surface area contributed by atoms with Crippen molar-refractivity contribution in [2.75, 3.05) is 5.32 Å². The number of aromatic hydroxyl groups is 1. The first-order chi connectivity index (χ1) is 10.3. The summed E-state index contributed by atoms with van der Waals surface area (Å²) in [5.74, 6) is 0.295. The van der Waals surface area contributed by atoms with E-state index in [1.807, 2.05) is 54.6 Å². The first kappa shape index (κ1) is 13.2. The molecule has 0 aliphatic heterocycles. The molecule has 3 rings (SSSR count). The first-order valence-corrected chi connectivity index (χ1v) is 6.84. The first-order valence-electron chi connectivity index (χ1n) is 6.84. The Bertz CT molecular complexity index is 726. The van der Waals surface area contributed by atoms with Crippen LogP contribution in [0.4, 0.5) is 5.69 Å². The second kappa shape index (κ2) is 6.09. The third-order valence-electron chi connectivity index (χ3n) is 3.32. The molecule has 0 fully saturated rings. The largest absolute Gasteiger partial charge is 0.507 e. The molecule has 3 nitrogen and oxygen atoms in total. The molecule has 1 aromatic heterocycles. The van der Waals surface area contributed by atoms with Crippen LogP contribution in [0.15, 0.2) is 73.1 Å². The van der Waals surface area contributed by atoms with Gasteiger partial charge in [0.25, 0.3) is 0 Å². The Kier molecular flexibility index (Phi) is 3.83. The van der Waals surface area contributed by atoms with Gasteiger partial charge in [-0.15, -0.1) is 0 Å². The summed E-state index contributed by atoms with van der Waals surface area (Å²) in [6.45, 7) is 0.743.